The van der Waals surface area contributed by atoms with Crippen LogP contribution in [0.3, 0.4) is 0 Å². The zero-order valence-electron chi connectivity index (χ0n) is 16.3. The molecule has 1 aromatic rings. The van der Waals surface area contributed by atoms with Crippen molar-refractivity contribution in [3.05, 3.63) is 28.8 Å². The van der Waals surface area contributed by atoms with E-state index in [2.05, 4.69) is 41.5 Å². The number of phenolic OH excluding ortho intramolecular Hbond substituents is 1. The molecule has 0 aromatic heterocycles. The number of benzene rings is 1. The Kier molecular flexibility index (Phi) is 7.39. The van der Waals surface area contributed by atoms with Crippen LogP contribution in [0.25, 0.3) is 0 Å². The normalized spacial score (nSPS) is 13.6. The average Bonchev–Trinajstić information content (AvgIpc) is 2.48. The molecule has 0 fully saturated rings. The van der Waals surface area contributed by atoms with Crippen molar-refractivity contribution in [2.24, 2.45) is 0 Å². The molecule has 1 amide bonds. The maximum absolute atomic E-state index is 11.1. The second-order valence-electron chi connectivity index (χ2n) is 8.73. The molecule has 1 atom stereocenters. The smallest absolute Gasteiger partial charge is 0.243 e. The molecule has 0 bridgehead atoms. The standard InChI is InChI=1S/C20H32NO3S/c1-19(2,3)14-11-13(12-15(18(14)23)20(4,5)6)16(25)9-7-8-10-17(22)21-24/h11-12,16,23-24H,7-10H2,1-6H3,(H,21,22). The van der Waals surface area contributed by atoms with Crippen LogP contribution in [0.1, 0.15) is 89.2 Å². The molecule has 1 radical (unpaired) electrons. The maximum Gasteiger partial charge on any atom is 0.243 e. The number of hydroxylamine groups is 1. The van der Waals surface area contributed by atoms with Gasteiger partial charge in [0, 0.05) is 11.7 Å². The topological polar surface area (TPSA) is 69.6 Å². The van der Waals surface area contributed by atoms with Crippen molar-refractivity contribution in [3.63, 3.8) is 0 Å². The first-order valence-electron chi connectivity index (χ1n) is 8.84. The molecular formula is C20H32NO3S. The SMILES string of the molecule is CC(C)(C)c1cc(C([S])CCCCC(=O)NO)cc(C(C)(C)C)c1O. The molecule has 25 heavy (non-hydrogen) atoms. The Morgan fingerprint density at radius 2 is 1.56 bits per heavy atom. The second-order valence-corrected chi connectivity index (χ2v) is 9.30. The van der Waals surface area contributed by atoms with Crippen molar-refractivity contribution in [3.8, 4) is 5.75 Å². The molecule has 0 saturated carbocycles. The lowest BCUT2D eigenvalue weighted by atomic mass is 9.78. The zero-order valence-corrected chi connectivity index (χ0v) is 17.1. The molecule has 3 N–H and O–H groups in total. The van der Waals surface area contributed by atoms with Gasteiger partial charge in [0.25, 0.3) is 0 Å². The Morgan fingerprint density at radius 3 is 1.96 bits per heavy atom. The summed E-state index contributed by atoms with van der Waals surface area (Å²) < 4.78 is 0. The Morgan fingerprint density at radius 1 is 1.08 bits per heavy atom. The van der Waals surface area contributed by atoms with E-state index >= 15 is 0 Å². The number of unbranched alkanes of at least 4 members (excludes halogenated alkanes) is 1. The summed E-state index contributed by atoms with van der Waals surface area (Å²) in [6.45, 7) is 12.5. The van der Waals surface area contributed by atoms with Gasteiger partial charge in [-0.25, -0.2) is 5.48 Å². The lowest BCUT2D eigenvalue weighted by Gasteiger charge is -2.29. The van der Waals surface area contributed by atoms with Crippen LogP contribution in [0.15, 0.2) is 12.1 Å². The minimum absolute atomic E-state index is 0.0695. The minimum Gasteiger partial charge on any atom is -0.507 e. The summed E-state index contributed by atoms with van der Waals surface area (Å²) in [6.07, 6.45) is 2.59. The molecule has 4 nitrogen and oxygen atoms in total. The third-order valence-electron chi connectivity index (χ3n) is 4.36. The van der Waals surface area contributed by atoms with Crippen LogP contribution < -0.4 is 5.48 Å². The Balaban J connectivity index is 3.04. The van der Waals surface area contributed by atoms with Gasteiger partial charge in [0.1, 0.15) is 5.75 Å². The quantitative estimate of drug-likeness (QED) is 0.364. The number of nitrogens with one attached hydrogen (secondary N) is 1. The van der Waals surface area contributed by atoms with Crippen LogP contribution in [0, 0.1) is 0 Å². The highest BCUT2D eigenvalue weighted by Crippen LogP contribution is 2.42. The highest BCUT2D eigenvalue weighted by molar-refractivity contribution is 7.80. The maximum atomic E-state index is 11.1. The van der Waals surface area contributed by atoms with Gasteiger partial charge < -0.3 is 5.11 Å². The van der Waals surface area contributed by atoms with Gasteiger partial charge in [0.2, 0.25) is 5.91 Å². The third kappa shape index (κ3) is 6.23. The van der Waals surface area contributed by atoms with Crippen LogP contribution in [-0.2, 0) is 15.6 Å². The Hall–Kier alpha value is -1.20. The van der Waals surface area contributed by atoms with Gasteiger partial charge in [0.05, 0.1) is 0 Å². The predicted octanol–water partition coefficient (Wildman–Crippen LogP) is 5.29. The lowest BCUT2D eigenvalue weighted by Crippen LogP contribution is -2.18. The van der Waals surface area contributed by atoms with Gasteiger partial charge in [-0.1, -0.05) is 72.7 Å². The molecule has 0 aliphatic rings. The number of carbonyl (C=O) groups excluding carboxylic acids is 1. The van der Waals surface area contributed by atoms with E-state index in [4.69, 9.17) is 17.8 Å². The van der Waals surface area contributed by atoms with Crippen molar-refractivity contribution < 1.29 is 15.1 Å². The van der Waals surface area contributed by atoms with Gasteiger partial charge in [0.15, 0.2) is 0 Å². The largest absolute Gasteiger partial charge is 0.507 e. The number of rotatable bonds is 6. The molecule has 1 rings (SSSR count). The molecule has 1 aromatic carbocycles. The van der Waals surface area contributed by atoms with E-state index in [1.54, 1.807) is 5.48 Å². The average molecular weight is 367 g/mol. The van der Waals surface area contributed by atoms with E-state index in [1.807, 2.05) is 12.1 Å². The van der Waals surface area contributed by atoms with Crippen molar-refractivity contribution >= 4 is 18.5 Å². The molecule has 1 unspecified atom stereocenters. The third-order valence-corrected chi connectivity index (χ3v) is 4.87. The predicted molar refractivity (Wildman–Crippen MR) is 104 cm³/mol. The summed E-state index contributed by atoms with van der Waals surface area (Å²) in [6, 6.07) is 4.06. The molecular weight excluding hydrogens is 334 g/mol. The van der Waals surface area contributed by atoms with E-state index < -0.39 is 0 Å². The monoisotopic (exact) mass is 366 g/mol. The van der Waals surface area contributed by atoms with Gasteiger partial charge in [-0.15, -0.1) is 0 Å². The zero-order chi connectivity index (χ0) is 19.4. The van der Waals surface area contributed by atoms with Crippen LogP contribution in [-0.4, -0.2) is 16.2 Å². The molecule has 0 aliphatic carbocycles. The van der Waals surface area contributed by atoms with Crippen molar-refractivity contribution in [1.29, 1.82) is 0 Å². The fraction of sp³-hybridized carbons (Fsp3) is 0.650. The number of phenols is 1. The summed E-state index contributed by atoms with van der Waals surface area (Å²) in [5.74, 6) is 0.00107. The fourth-order valence-electron chi connectivity index (χ4n) is 2.82. The number of hydrogen-bond donors (Lipinski definition) is 3. The molecule has 0 heterocycles. The summed E-state index contributed by atoms with van der Waals surface area (Å²) in [5, 5.41) is 19.2. The molecule has 0 aliphatic heterocycles. The number of carbonyl (C=O) groups is 1. The summed E-state index contributed by atoms with van der Waals surface area (Å²) in [4.78, 5) is 11.1. The summed E-state index contributed by atoms with van der Waals surface area (Å²) >= 11 is 5.69. The van der Waals surface area contributed by atoms with Crippen LogP contribution in [0.5, 0.6) is 5.75 Å². The molecule has 141 valence electrons. The first-order chi connectivity index (χ1) is 11.4. The van der Waals surface area contributed by atoms with E-state index in [1.165, 1.54) is 0 Å². The molecule has 0 spiro atoms. The lowest BCUT2D eigenvalue weighted by molar-refractivity contribution is -0.129. The van der Waals surface area contributed by atoms with Crippen molar-refractivity contribution in [1.82, 2.24) is 5.48 Å². The first-order valence-corrected chi connectivity index (χ1v) is 9.31. The second kappa shape index (κ2) is 8.45. The van der Waals surface area contributed by atoms with Crippen molar-refractivity contribution in [2.45, 2.75) is 83.3 Å². The fourth-order valence-corrected chi connectivity index (χ4v) is 3.13. The summed E-state index contributed by atoms with van der Waals surface area (Å²) in [5.41, 5.74) is 4.19. The van der Waals surface area contributed by atoms with Gasteiger partial charge >= 0.3 is 0 Å². The molecule has 0 saturated heterocycles. The van der Waals surface area contributed by atoms with E-state index in [-0.39, 0.29) is 22.0 Å². The van der Waals surface area contributed by atoms with E-state index in [0.29, 0.717) is 18.6 Å². The molecule has 5 heteroatoms. The number of aromatic hydroxyl groups is 1. The summed E-state index contributed by atoms with van der Waals surface area (Å²) in [7, 11) is 0. The highest BCUT2D eigenvalue weighted by atomic mass is 32.1. The Labute approximate surface area is 157 Å². The van der Waals surface area contributed by atoms with Gasteiger partial charge in [-0.3, -0.25) is 10.0 Å². The van der Waals surface area contributed by atoms with Crippen LogP contribution >= 0.6 is 12.6 Å². The van der Waals surface area contributed by atoms with Crippen LogP contribution in [0.2, 0.25) is 0 Å². The number of amides is 1. The highest BCUT2D eigenvalue weighted by Gasteiger charge is 2.27. The van der Waals surface area contributed by atoms with Crippen molar-refractivity contribution in [2.75, 3.05) is 0 Å². The van der Waals surface area contributed by atoms with Crippen LogP contribution in [0.4, 0.5) is 0 Å². The van der Waals surface area contributed by atoms with Gasteiger partial charge in [-0.05, 0) is 40.4 Å². The van der Waals surface area contributed by atoms with E-state index in [9.17, 15) is 9.90 Å². The number of hydrogen-bond acceptors (Lipinski definition) is 3. The first kappa shape index (κ1) is 21.8. The van der Waals surface area contributed by atoms with Gasteiger partial charge in [-0.2, -0.15) is 0 Å². The Bertz CT molecular complexity index is 565. The minimum atomic E-state index is -0.365. The van der Waals surface area contributed by atoms with E-state index in [0.717, 1.165) is 29.5 Å².